The number of esters is 1. The predicted octanol–water partition coefficient (Wildman–Crippen LogP) is 1.47. The molecule has 96 valence electrons. The van der Waals surface area contributed by atoms with Crippen LogP contribution >= 0.6 is 0 Å². The second kappa shape index (κ2) is 7.21. The van der Waals surface area contributed by atoms with Crippen LogP contribution in [0, 0.1) is 0 Å². The van der Waals surface area contributed by atoms with Crippen LogP contribution < -0.4 is 0 Å². The third kappa shape index (κ3) is 5.79. The lowest BCUT2D eigenvalue weighted by molar-refractivity contribution is -0.146. The summed E-state index contributed by atoms with van der Waals surface area (Å²) >= 11 is 0. The van der Waals surface area contributed by atoms with Crippen molar-refractivity contribution >= 4 is 17.5 Å². The molecule has 0 radical (unpaired) electrons. The largest absolute Gasteiger partial charge is 0.469 e. The van der Waals surface area contributed by atoms with Gasteiger partial charge in [-0.2, -0.15) is 0 Å². The second-order valence-corrected chi connectivity index (χ2v) is 3.65. The van der Waals surface area contributed by atoms with E-state index in [1.54, 1.807) is 24.5 Å². The van der Waals surface area contributed by atoms with Crippen LogP contribution in [0.3, 0.4) is 0 Å². The van der Waals surface area contributed by atoms with Gasteiger partial charge >= 0.3 is 5.97 Å². The molecule has 0 fully saturated rings. The molecule has 0 unspecified atom stereocenters. The molecular weight excluding hydrogens is 236 g/mol. The lowest BCUT2D eigenvalue weighted by Gasteiger charge is -1.98. The van der Waals surface area contributed by atoms with E-state index in [0.29, 0.717) is 6.42 Å². The minimum atomic E-state index is -0.538. The minimum Gasteiger partial charge on any atom is -0.469 e. The van der Waals surface area contributed by atoms with Gasteiger partial charge in [-0.3, -0.25) is 14.4 Å². The van der Waals surface area contributed by atoms with Gasteiger partial charge in [-0.1, -0.05) is 6.08 Å². The van der Waals surface area contributed by atoms with Crippen molar-refractivity contribution in [1.82, 2.24) is 0 Å². The van der Waals surface area contributed by atoms with Gasteiger partial charge in [0.2, 0.25) is 0 Å². The van der Waals surface area contributed by atoms with E-state index in [1.807, 2.05) is 0 Å². The Labute approximate surface area is 104 Å². The van der Waals surface area contributed by atoms with Crippen molar-refractivity contribution in [2.45, 2.75) is 19.8 Å². The lowest BCUT2D eigenvalue weighted by atomic mass is 10.2. The van der Waals surface area contributed by atoms with Crippen molar-refractivity contribution in [2.24, 2.45) is 0 Å². The van der Waals surface area contributed by atoms with E-state index in [1.165, 1.54) is 13.0 Å². The quantitative estimate of drug-likeness (QED) is 0.416. The van der Waals surface area contributed by atoms with Crippen molar-refractivity contribution in [3.63, 3.8) is 0 Å². The molecule has 0 bridgehead atoms. The first-order valence-corrected chi connectivity index (χ1v) is 5.44. The predicted molar refractivity (Wildman–Crippen MR) is 62.8 cm³/mol. The standard InChI is InChI=1S/C13H14O5/c1-10(14)18-9-12(16)8-11(15)4-2-5-13-6-3-7-17-13/h2-4,6-7H,5,8-9H2,1H3. The zero-order valence-corrected chi connectivity index (χ0v) is 10.0. The summed E-state index contributed by atoms with van der Waals surface area (Å²) < 4.78 is 9.56. The van der Waals surface area contributed by atoms with Gasteiger partial charge in [0.1, 0.15) is 12.4 Å². The molecule has 0 aliphatic carbocycles. The molecule has 0 N–H and O–H groups in total. The molecule has 0 aliphatic rings. The van der Waals surface area contributed by atoms with Crippen molar-refractivity contribution in [1.29, 1.82) is 0 Å². The zero-order chi connectivity index (χ0) is 13.4. The van der Waals surface area contributed by atoms with Gasteiger partial charge in [0, 0.05) is 13.3 Å². The normalized spacial score (nSPS) is 10.5. The highest BCUT2D eigenvalue weighted by Crippen LogP contribution is 2.01. The molecule has 0 amide bonds. The summed E-state index contributed by atoms with van der Waals surface area (Å²) in [5.74, 6) is -0.536. The molecule has 5 nitrogen and oxygen atoms in total. The van der Waals surface area contributed by atoms with Gasteiger partial charge in [0.25, 0.3) is 0 Å². The molecule has 5 heteroatoms. The fourth-order valence-corrected chi connectivity index (χ4v) is 1.22. The summed E-state index contributed by atoms with van der Waals surface area (Å²) in [6, 6.07) is 3.55. The number of Topliss-reactive ketones (excluding diaryl/α,β-unsaturated/α-hetero) is 1. The Balaban J connectivity index is 2.26. The average molecular weight is 250 g/mol. The molecule has 0 saturated carbocycles. The molecule has 1 heterocycles. The highest BCUT2D eigenvalue weighted by Gasteiger charge is 2.08. The molecule has 1 rings (SSSR count). The van der Waals surface area contributed by atoms with E-state index in [4.69, 9.17) is 4.42 Å². The molecule has 1 aromatic heterocycles. The number of rotatable bonds is 7. The molecule has 0 aromatic carbocycles. The van der Waals surface area contributed by atoms with E-state index in [0.717, 1.165) is 5.76 Å². The van der Waals surface area contributed by atoms with E-state index in [9.17, 15) is 14.4 Å². The molecule has 0 aliphatic heterocycles. The first-order chi connectivity index (χ1) is 8.58. The summed E-state index contributed by atoms with van der Waals surface area (Å²) in [5, 5.41) is 0. The third-order valence-electron chi connectivity index (χ3n) is 2.01. The molecule has 1 aromatic rings. The highest BCUT2D eigenvalue weighted by molar-refractivity contribution is 6.05. The van der Waals surface area contributed by atoms with Crippen molar-refractivity contribution in [2.75, 3.05) is 6.61 Å². The van der Waals surface area contributed by atoms with Crippen LogP contribution in [-0.2, 0) is 25.5 Å². The van der Waals surface area contributed by atoms with Crippen LogP contribution in [0.15, 0.2) is 35.0 Å². The number of allylic oxidation sites excluding steroid dienone is 2. The number of ketones is 2. The minimum absolute atomic E-state index is 0.262. The van der Waals surface area contributed by atoms with Gasteiger partial charge < -0.3 is 9.15 Å². The zero-order valence-electron chi connectivity index (χ0n) is 10.0. The highest BCUT2D eigenvalue weighted by atomic mass is 16.5. The van der Waals surface area contributed by atoms with Crippen LogP contribution in [0.1, 0.15) is 19.1 Å². The van der Waals surface area contributed by atoms with Crippen molar-refractivity contribution in [3.05, 3.63) is 36.3 Å². The first-order valence-electron chi connectivity index (χ1n) is 5.44. The van der Waals surface area contributed by atoms with Crippen LogP contribution in [0.2, 0.25) is 0 Å². The number of hydrogen-bond acceptors (Lipinski definition) is 5. The van der Waals surface area contributed by atoms with E-state index in [2.05, 4.69) is 4.74 Å². The van der Waals surface area contributed by atoms with Crippen LogP contribution in [0.25, 0.3) is 0 Å². The van der Waals surface area contributed by atoms with Crippen LogP contribution in [0.5, 0.6) is 0 Å². The maximum atomic E-state index is 11.3. The summed E-state index contributed by atoms with van der Waals surface area (Å²) in [6.45, 7) is 0.853. The maximum absolute atomic E-state index is 11.3. The number of ether oxygens (including phenoxy) is 1. The second-order valence-electron chi connectivity index (χ2n) is 3.65. The fraction of sp³-hybridized carbons (Fsp3) is 0.308. The van der Waals surface area contributed by atoms with Gasteiger partial charge in [0.15, 0.2) is 11.6 Å². The van der Waals surface area contributed by atoms with Gasteiger partial charge in [0.05, 0.1) is 12.7 Å². The smallest absolute Gasteiger partial charge is 0.303 e. The van der Waals surface area contributed by atoms with E-state index >= 15 is 0 Å². The van der Waals surface area contributed by atoms with E-state index in [-0.39, 0.29) is 18.8 Å². The molecule has 0 atom stereocenters. The number of carbonyl (C=O) groups is 3. The van der Waals surface area contributed by atoms with Gasteiger partial charge in [-0.05, 0) is 18.2 Å². The van der Waals surface area contributed by atoms with Crippen LogP contribution in [0.4, 0.5) is 0 Å². The monoisotopic (exact) mass is 250 g/mol. The summed E-state index contributed by atoms with van der Waals surface area (Å²) in [4.78, 5) is 33.0. The molecular formula is C13H14O5. The fourth-order valence-electron chi connectivity index (χ4n) is 1.22. The SMILES string of the molecule is CC(=O)OCC(=O)CC(=O)C=CCc1ccco1. The summed E-state index contributed by atoms with van der Waals surface area (Å²) in [5.41, 5.74) is 0. The summed E-state index contributed by atoms with van der Waals surface area (Å²) in [7, 11) is 0. The molecule has 0 saturated heterocycles. The Bertz CT molecular complexity index is 442. The molecule has 0 spiro atoms. The topological polar surface area (TPSA) is 73.6 Å². The lowest BCUT2D eigenvalue weighted by Crippen LogP contribution is -2.14. The Morgan fingerprint density at radius 2 is 2.17 bits per heavy atom. The Hall–Kier alpha value is -2.17. The van der Waals surface area contributed by atoms with Crippen LogP contribution in [-0.4, -0.2) is 24.1 Å². The Morgan fingerprint density at radius 1 is 1.39 bits per heavy atom. The van der Waals surface area contributed by atoms with Gasteiger partial charge in [-0.25, -0.2) is 0 Å². The van der Waals surface area contributed by atoms with Gasteiger partial charge in [-0.15, -0.1) is 0 Å². The first kappa shape index (κ1) is 13.9. The summed E-state index contributed by atoms with van der Waals surface area (Å²) in [6.07, 6.45) is 4.74. The third-order valence-corrected chi connectivity index (χ3v) is 2.01. The van der Waals surface area contributed by atoms with Crippen molar-refractivity contribution in [3.8, 4) is 0 Å². The number of furan rings is 1. The van der Waals surface area contributed by atoms with E-state index < -0.39 is 11.8 Å². The number of hydrogen-bond donors (Lipinski definition) is 0. The average Bonchev–Trinajstić information content (AvgIpc) is 2.79. The maximum Gasteiger partial charge on any atom is 0.303 e. The Kier molecular flexibility index (Phi) is 5.57. The van der Waals surface area contributed by atoms with Crippen molar-refractivity contribution < 1.29 is 23.5 Å². The molecule has 18 heavy (non-hydrogen) atoms. The number of carbonyl (C=O) groups excluding carboxylic acids is 3. The Morgan fingerprint density at radius 3 is 2.78 bits per heavy atom.